The maximum atomic E-state index is 10.5. The van der Waals surface area contributed by atoms with Crippen LogP contribution >= 0.6 is 0 Å². The van der Waals surface area contributed by atoms with Crippen LogP contribution in [0, 0.1) is 0 Å². The van der Waals surface area contributed by atoms with E-state index >= 15 is 0 Å². The number of unbranched alkanes of at least 4 members (excludes halogenated alkanes) is 1. The third kappa shape index (κ3) is 4.71. The molecule has 0 atom stereocenters. The fourth-order valence-corrected chi connectivity index (χ4v) is 2.47. The molecule has 2 aromatic heterocycles. The molecule has 6 heteroatoms. The SMILES string of the molecule is O=S(=O)([O-])CCCC[n+]1ccc(-c2ccncc2)cc1. The molecule has 0 aromatic carbocycles. The molecule has 0 unspecified atom stereocenters. The lowest BCUT2D eigenvalue weighted by atomic mass is 10.1. The van der Waals surface area contributed by atoms with Crippen molar-refractivity contribution in [2.24, 2.45) is 0 Å². The van der Waals surface area contributed by atoms with E-state index in [1.165, 1.54) is 0 Å². The molecule has 0 aliphatic carbocycles. The summed E-state index contributed by atoms with van der Waals surface area (Å²) < 4.78 is 33.4. The first kappa shape index (κ1) is 14.6. The van der Waals surface area contributed by atoms with Crippen molar-refractivity contribution >= 4 is 10.1 Å². The molecule has 2 aromatic rings. The molecule has 2 heterocycles. The van der Waals surface area contributed by atoms with Crippen molar-refractivity contribution < 1.29 is 17.5 Å². The topological polar surface area (TPSA) is 74.0 Å². The zero-order chi connectivity index (χ0) is 14.4. The smallest absolute Gasteiger partial charge is 0.169 e. The monoisotopic (exact) mass is 292 g/mol. The standard InChI is InChI=1S/C14H16N2O3S/c17-20(18,19)12-2-1-9-16-10-5-14(6-11-16)13-3-7-15-8-4-13/h3-8,10-11H,1-2,9,12H2. The number of pyridine rings is 2. The molecule has 0 spiro atoms. The second-order valence-corrected chi connectivity index (χ2v) is 6.05. The molecule has 0 N–H and O–H groups in total. The molecule has 20 heavy (non-hydrogen) atoms. The van der Waals surface area contributed by atoms with Crippen molar-refractivity contribution in [1.29, 1.82) is 0 Å². The third-order valence-electron chi connectivity index (χ3n) is 2.97. The number of hydrogen-bond donors (Lipinski definition) is 0. The van der Waals surface area contributed by atoms with E-state index in [2.05, 4.69) is 4.98 Å². The van der Waals surface area contributed by atoms with Crippen LogP contribution in [0.4, 0.5) is 0 Å². The molecule has 0 aliphatic rings. The van der Waals surface area contributed by atoms with Crippen molar-refractivity contribution in [3.05, 3.63) is 49.1 Å². The van der Waals surface area contributed by atoms with Gasteiger partial charge in [0.05, 0.1) is 10.1 Å². The summed E-state index contributed by atoms with van der Waals surface area (Å²) in [5, 5.41) is 0. The van der Waals surface area contributed by atoms with Gasteiger partial charge in [0.25, 0.3) is 0 Å². The van der Waals surface area contributed by atoms with E-state index in [1.54, 1.807) is 12.4 Å². The molecular weight excluding hydrogens is 276 g/mol. The molecule has 0 amide bonds. The van der Waals surface area contributed by atoms with Gasteiger partial charge in [-0.3, -0.25) is 4.98 Å². The Morgan fingerprint density at radius 3 is 2.20 bits per heavy atom. The first-order valence-electron chi connectivity index (χ1n) is 6.38. The van der Waals surface area contributed by atoms with Crippen LogP contribution in [-0.4, -0.2) is 23.7 Å². The highest BCUT2D eigenvalue weighted by atomic mass is 32.2. The summed E-state index contributed by atoms with van der Waals surface area (Å²) in [6, 6.07) is 7.89. The van der Waals surface area contributed by atoms with E-state index in [4.69, 9.17) is 0 Å². The lowest BCUT2D eigenvalue weighted by Crippen LogP contribution is -2.32. The highest BCUT2D eigenvalue weighted by Gasteiger charge is 2.03. The quantitative estimate of drug-likeness (QED) is 0.458. The van der Waals surface area contributed by atoms with Gasteiger partial charge in [-0.05, 0) is 29.7 Å². The summed E-state index contributed by atoms with van der Waals surface area (Å²) in [5.74, 6) is -0.289. The van der Waals surface area contributed by atoms with Crippen molar-refractivity contribution in [3.8, 4) is 11.1 Å². The van der Waals surface area contributed by atoms with Crippen molar-refractivity contribution in [3.63, 3.8) is 0 Å². The Bertz CT molecular complexity index is 640. The average Bonchev–Trinajstić information content (AvgIpc) is 2.44. The van der Waals surface area contributed by atoms with E-state index < -0.39 is 10.1 Å². The van der Waals surface area contributed by atoms with Crippen LogP contribution in [0.15, 0.2) is 49.1 Å². The molecule has 0 aliphatic heterocycles. The van der Waals surface area contributed by atoms with E-state index in [0.29, 0.717) is 19.4 Å². The minimum atomic E-state index is -4.09. The Morgan fingerprint density at radius 1 is 1.00 bits per heavy atom. The summed E-state index contributed by atoms with van der Waals surface area (Å²) in [5.41, 5.74) is 2.20. The number of nitrogens with zero attached hydrogens (tertiary/aromatic N) is 2. The van der Waals surface area contributed by atoms with Crippen molar-refractivity contribution in [1.82, 2.24) is 4.98 Å². The van der Waals surface area contributed by atoms with Crippen LogP contribution < -0.4 is 4.57 Å². The zero-order valence-electron chi connectivity index (χ0n) is 11.0. The molecule has 0 saturated carbocycles. The fourth-order valence-electron chi connectivity index (χ4n) is 1.92. The molecule has 0 fully saturated rings. The van der Waals surface area contributed by atoms with Gasteiger partial charge in [-0.15, -0.1) is 0 Å². The Hall–Kier alpha value is -1.79. The van der Waals surface area contributed by atoms with Crippen molar-refractivity contribution in [2.75, 3.05) is 5.75 Å². The minimum absolute atomic E-state index is 0.289. The van der Waals surface area contributed by atoms with Crippen LogP contribution in [0.3, 0.4) is 0 Å². The largest absolute Gasteiger partial charge is 0.748 e. The number of rotatable bonds is 6. The average molecular weight is 292 g/mol. The first-order chi connectivity index (χ1) is 9.54. The van der Waals surface area contributed by atoms with Gasteiger partial charge in [-0.2, -0.15) is 0 Å². The Morgan fingerprint density at radius 2 is 1.60 bits per heavy atom. The maximum absolute atomic E-state index is 10.5. The van der Waals surface area contributed by atoms with Crippen LogP contribution in [0.25, 0.3) is 11.1 Å². The molecule has 0 radical (unpaired) electrons. The van der Waals surface area contributed by atoms with Gasteiger partial charge < -0.3 is 4.55 Å². The predicted octanol–water partition coefficient (Wildman–Crippen LogP) is 1.36. The summed E-state index contributed by atoms with van der Waals surface area (Å²) in [6.45, 7) is 0.701. The molecule has 5 nitrogen and oxygen atoms in total. The van der Waals surface area contributed by atoms with Crippen LogP contribution in [0.2, 0.25) is 0 Å². The number of aromatic nitrogens is 2. The lowest BCUT2D eigenvalue weighted by Gasteiger charge is -2.05. The van der Waals surface area contributed by atoms with Gasteiger partial charge in [0.1, 0.15) is 6.54 Å². The van der Waals surface area contributed by atoms with E-state index in [9.17, 15) is 13.0 Å². The molecule has 0 bridgehead atoms. The fraction of sp³-hybridized carbons (Fsp3) is 0.286. The van der Waals surface area contributed by atoms with Crippen molar-refractivity contribution in [2.45, 2.75) is 19.4 Å². The molecule has 0 saturated heterocycles. The summed E-state index contributed by atoms with van der Waals surface area (Å²) in [7, 11) is -4.09. The van der Waals surface area contributed by atoms with E-state index in [0.717, 1.165) is 11.1 Å². The highest BCUT2D eigenvalue weighted by molar-refractivity contribution is 7.85. The van der Waals surface area contributed by atoms with Gasteiger partial charge >= 0.3 is 0 Å². The summed E-state index contributed by atoms with van der Waals surface area (Å²) in [4.78, 5) is 3.98. The van der Waals surface area contributed by atoms with Gasteiger partial charge in [0.2, 0.25) is 0 Å². The number of hydrogen-bond acceptors (Lipinski definition) is 4. The maximum Gasteiger partial charge on any atom is 0.169 e. The van der Waals surface area contributed by atoms with E-state index in [1.807, 2.05) is 41.2 Å². The molecule has 2 rings (SSSR count). The third-order valence-corrected chi connectivity index (χ3v) is 3.75. The summed E-state index contributed by atoms with van der Waals surface area (Å²) in [6.07, 6.45) is 8.45. The second kappa shape index (κ2) is 6.58. The van der Waals surface area contributed by atoms with Gasteiger partial charge in [-0.1, -0.05) is 0 Å². The summed E-state index contributed by atoms with van der Waals surface area (Å²) >= 11 is 0. The Balaban J connectivity index is 1.89. The first-order valence-corrected chi connectivity index (χ1v) is 7.95. The second-order valence-electron chi connectivity index (χ2n) is 4.53. The molecule has 106 valence electrons. The predicted molar refractivity (Wildman–Crippen MR) is 73.7 cm³/mol. The van der Waals surface area contributed by atoms with Gasteiger partial charge in [-0.25, -0.2) is 13.0 Å². The van der Waals surface area contributed by atoms with Gasteiger partial charge in [0.15, 0.2) is 12.4 Å². The molecular formula is C14H16N2O3S. The minimum Gasteiger partial charge on any atom is -0.748 e. The highest BCUT2D eigenvalue weighted by Crippen LogP contribution is 2.15. The Labute approximate surface area is 118 Å². The van der Waals surface area contributed by atoms with Crippen LogP contribution in [-0.2, 0) is 16.7 Å². The van der Waals surface area contributed by atoms with Crippen LogP contribution in [0.1, 0.15) is 12.8 Å². The lowest BCUT2D eigenvalue weighted by molar-refractivity contribution is -0.697. The van der Waals surface area contributed by atoms with Crippen LogP contribution in [0.5, 0.6) is 0 Å². The zero-order valence-corrected chi connectivity index (χ0v) is 11.8. The normalized spacial score (nSPS) is 11.4. The Kier molecular flexibility index (Phi) is 4.81. The van der Waals surface area contributed by atoms with Gasteiger partial charge in [0, 0.05) is 36.7 Å². The van der Waals surface area contributed by atoms with E-state index in [-0.39, 0.29) is 5.75 Å². The number of aryl methyl sites for hydroxylation is 1.